The Balaban J connectivity index is 1.81. The van der Waals surface area contributed by atoms with Crippen molar-refractivity contribution in [2.75, 3.05) is 18.4 Å². The Morgan fingerprint density at radius 2 is 1.79 bits per heavy atom. The molecule has 0 aliphatic carbocycles. The van der Waals surface area contributed by atoms with E-state index in [0.29, 0.717) is 25.9 Å². The van der Waals surface area contributed by atoms with Crippen molar-refractivity contribution in [3.05, 3.63) is 30.1 Å². The summed E-state index contributed by atoms with van der Waals surface area (Å²) >= 11 is 0. The average molecular weight is 393 g/mol. The number of anilines is 1. The summed E-state index contributed by atoms with van der Waals surface area (Å²) in [5.41, 5.74) is -0.494. The summed E-state index contributed by atoms with van der Waals surface area (Å²) in [6.45, 7) is 7.80. The molecule has 1 fully saturated rings. The van der Waals surface area contributed by atoms with Crippen LogP contribution in [0.4, 0.5) is 14.9 Å². The van der Waals surface area contributed by atoms with Crippen molar-refractivity contribution >= 4 is 23.6 Å². The molecule has 0 radical (unpaired) electrons. The average Bonchev–Trinajstić information content (AvgIpc) is 2.62. The first-order valence-corrected chi connectivity index (χ1v) is 9.40. The van der Waals surface area contributed by atoms with Gasteiger partial charge in [0.05, 0.1) is 5.69 Å². The Bertz CT molecular complexity index is 724. The molecule has 0 saturated carbocycles. The summed E-state index contributed by atoms with van der Waals surface area (Å²) in [7, 11) is 0. The van der Waals surface area contributed by atoms with E-state index in [2.05, 4.69) is 10.6 Å². The highest BCUT2D eigenvalue weighted by molar-refractivity contribution is 5.97. The molecule has 0 spiro atoms. The van der Waals surface area contributed by atoms with Crippen LogP contribution in [0.15, 0.2) is 24.3 Å². The van der Waals surface area contributed by atoms with E-state index in [1.165, 1.54) is 18.2 Å². The molecule has 0 aromatic heterocycles. The fourth-order valence-electron chi connectivity index (χ4n) is 2.85. The van der Waals surface area contributed by atoms with Crippen LogP contribution >= 0.6 is 0 Å². The molecule has 1 aliphatic heterocycles. The van der Waals surface area contributed by atoms with Gasteiger partial charge in [0, 0.05) is 19.0 Å². The molecule has 1 aromatic carbocycles. The number of halogens is 1. The number of rotatable bonds is 4. The number of piperidine rings is 1. The van der Waals surface area contributed by atoms with Gasteiger partial charge in [-0.2, -0.15) is 0 Å². The van der Waals surface area contributed by atoms with Gasteiger partial charge in [0.25, 0.3) is 0 Å². The van der Waals surface area contributed by atoms with E-state index in [0.717, 1.165) is 0 Å². The summed E-state index contributed by atoms with van der Waals surface area (Å²) in [6, 6.07) is 5.03. The van der Waals surface area contributed by atoms with Gasteiger partial charge in [-0.25, -0.2) is 9.18 Å². The maximum Gasteiger partial charge on any atom is 0.410 e. The number of hydrogen-bond donors (Lipinski definition) is 2. The first kappa shape index (κ1) is 21.7. The monoisotopic (exact) mass is 393 g/mol. The van der Waals surface area contributed by atoms with E-state index < -0.39 is 23.4 Å². The van der Waals surface area contributed by atoms with Crippen LogP contribution in [-0.4, -0.2) is 47.5 Å². The molecule has 2 rings (SSSR count). The van der Waals surface area contributed by atoms with Crippen LogP contribution in [0, 0.1) is 11.7 Å². The van der Waals surface area contributed by atoms with Gasteiger partial charge in [-0.15, -0.1) is 0 Å². The molecule has 1 heterocycles. The van der Waals surface area contributed by atoms with Gasteiger partial charge in [0.15, 0.2) is 0 Å². The van der Waals surface area contributed by atoms with Gasteiger partial charge >= 0.3 is 6.09 Å². The molecule has 1 unspecified atom stereocenters. The quantitative estimate of drug-likeness (QED) is 0.823. The van der Waals surface area contributed by atoms with Crippen molar-refractivity contribution in [1.82, 2.24) is 10.2 Å². The number of nitrogens with one attached hydrogen (secondary N) is 2. The van der Waals surface area contributed by atoms with Crippen LogP contribution in [0.25, 0.3) is 0 Å². The summed E-state index contributed by atoms with van der Waals surface area (Å²) < 4.78 is 19.0. The molecule has 7 nitrogen and oxygen atoms in total. The van der Waals surface area contributed by atoms with Crippen LogP contribution in [0.3, 0.4) is 0 Å². The number of likely N-dealkylation sites (tertiary alicyclic amines) is 1. The van der Waals surface area contributed by atoms with Crippen molar-refractivity contribution in [2.45, 2.75) is 52.2 Å². The third-order valence-corrected chi connectivity index (χ3v) is 4.40. The van der Waals surface area contributed by atoms with E-state index in [1.54, 1.807) is 38.7 Å². The standard InChI is InChI=1S/C20H28FN3O4/c1-13(17(25)23-16-8-6-5-7-15(16)21)22-18(26)14-9-11-24(12-10-14)19(27)28-20(2,3)4/h5-8,13-14H,9-12H2,1-4H3,(H,22,26)(H,23,25). The topological polar surface area (TPSA) is 87.7 Å². The molecular weight excluding hydrogens is 365 g/mol. The molecule has 1 aliphatic rings. The minimum atomic E-state index is -0.809. The lowest BCUT2D eigenvalue weighted by Gasteiger charge is -2.33. The van der Waals surface area contributed by atoms with E-state index >= 15 is 0 Å². The molecule has 1 atom stereocenters. The second kappa shape index (κ2) is 9.03. The molecule has 0 bridgehead atoms. The first-order chi connectivity index (χ1) is 13.1. The number of nitrogens with zero attached hydrogens (tertiary/aromatic N) is 1. The molecule has 154 valence electrons. The summed E-state index contributed by atoms with van der Waals surface area (Å²) in [6.07, 6.45) is 0.600. The molecule has 2 N–H and O–H groups in total. The van der Waals surface area contributed by atoms with E-state index in [4.69, 9.17) is 4.74 Å². The van der Waals surface area contributed by atoms with E-state index in [-0.39, 0.29) is 23.6 Å². The number of ether oxygens (including phenoxy) is 1. The lowest BCUT2D eigenvalue weighted by atomic mass is 9.96. The molecule has 1 aromatic rings. The van der Waals surface area contributed by atoms with Crippen molar-refractivity contribution in [3.8, 4) is 0 Å². The lowest BCUT2D eigenvalue weighted by molar-refractivity contribution is -0.130. The third-order valence-electron chi connectivity index (χ3n) is 4.40. The van der Waals surface area contributed by atoms with Crippen LogP contribution < -0.4 is 10.6 Å². The number of benzene rings is 1. The van der Waals surface area contributed by atoms with Gasteiger partial charge in [-0.3, -0.25) is 9.59 Å². The molecular formula is C20H28FN3O4. The smallest absolute Gasteiger partial charge is 0.410 e. The predicted octanol–water partition coefficient (Wildman–Crippen LogP) is 2.92. The van der Waals surface area contributed by atoms with Crippen molar-refractivity contribution in [2.24, 2.45) is 5.92 Å². The molecule has 3 amide bonds. The van der Waals surface area contributed by atoms with Crippen LogP contribution in [0.2, 0.25) is 0 Å². The zero-order valence-corrected chi connectivity index (χ0v) is 16.8. The minimum Gasteiger partial charge on any atom is -0.444 e. The lowest BCUT2D eigenvalue weighted by Crippen LogP contribution is -2.48. The van der Waals surface area contributed by atoms with Gasteiger partial charge in [-0.05, 0) is 52.7 Å². The van der Waals surface area contributed by atoms with Crippen LogP contribution in [0.1, 0.15) is 40.5 Å². The first-order valence-electron chi connectivity index (χ1n) is 9.40. The second-order valence-electron chi connectivity index (χ2n) is 7.94. The molecule has 28 heavy (non-hydrogen) atoms. The number of amides is 3. The van der Waals surface area contributed by atoms with E-state index in [1.807, 2.05) is 0 Å². The Morgan fingerprint density at radius 1 is 1.18 bits per heavy atom. The zero-order valence-electron chi connectivity index (χ0n) is 16.8. The highest BCUT2D eigenvalue weighted by atomic mass is 19.1. The minimum absolute atomic E-state index is 0.0688. The highest BCUT2D eigenvalue weighted by Gasteiger charge is 2.31. The summed E-state index contributed by atoms with van der Waals surface area (Å²) in [5, 5.41) is 5.13. The summed E-state index contributed by atoms with van der Waals surface area (Å²) in [4.78, 5) is 38.3. The Kier molecular flexibility index (Phi) is 6.99. The van der Waals surface area contributed by atoms with Crippen LogP contribution in [0.5, 0.6) is 0 Å². The Hall–Kier alpha value is -2.64. The van der Waals surface area contributed by atoms with Gasteiger partial charge < -0.3 is 20.3 Å². The molecule has 8 heteroatoms. The maximum absolute atomic E-state index is 13.6. The van der Waals surface area contributed by atoms with Crippen molar-refractivity contribution in [3.63, 3.8) is 0 Å². The fraction of sp³-hybridized carbons (Fsp3) is 0.550. The molecule has 1 saturated heterocycles. The summed E-state index contributed by atoms with van der Waals surface area (Å²) in [5.74, 6) is -1.57. The second-order valence-corrected chi connectivity index (χ2v) is 7.94. The van der Waals surface area contributed by atoms with Crippen molar-refractivity contribution in [1.29, 1.82) is 0 Å². The highest BCUT2D eigenvalue weighted by Crippen LogP contribution is 2.20. The number of carbonyl (C=O) groups is 3. The van der Waals surface area contributed by atoms with Gasteiger partial charge in [0.2, 0.25) is 11.8 Å². The van der Waals surface area contributed by atoms with Crippen LogP contribution in [-0.2, 0) is 14.3 Å². The van der Waals surface area contributed by atoms with Crippen molar-refractivity contribution < 1.29 is 23.5 Å². The maximum atomic E-state index is 13.6. The van der Waals surface area contributed by atoms with Gasteiger partial charge in [-0.1, -0.05) is 12.1 Å². The van der Waals surface area contributed by atoms with Gasteiger partial charge in [0.1, 0.15) is 17.5 Å². The number of carbonyl (C=O) groups excluding carboxylic acids is 3. The number of para-hydroxylation sites is 1. The number of hydrogen-bond acceptors (Lipinski definition) is 4. The SMILES string of the molecule is CC(NC(=O)C1CCN(C(=O)OC(C)(C)C)CC1)C(=O)Nc1ccccc1F. The van der Waals surface area contributed by atoms with E-state index in [9.17, 15) is 18.8 Å². The largest absolute Gasteiger partial charge is 0.444 e. The Morgan fingerprint density at radius 3 is 2.36 bits per heavy atom. The Labute approximate surface area is 164 Å². The fourth-order valence-corrected chi connectivity index (χ4v) is 2.85. The third kappa shape index (κ3) is 6.21. The predicted molar refractivity (Wildman–Crippen MR) is 103 cm³/mol. The zero-order chi connectivity index (χ0) is 20.9. The normalized spacial score (nSPS) is 16.2.